The van der Waals surface area contributed by atoms with Crippen LogP contribution in [-0.2, 0) is 14.8 Å². The van der Waals surface area contributed by atoms with Crippen molar-refractivity contribution in [1.82, 2.24) is 9.73 Å². The summed E-state index contributed by atoms with van der Waals surface area (Å²) in [6, 6.07) is 11.8. The third kappa shape index (κ3) is 5.36. The van der Waals surface area contributed by atoms with E-state index in [9.17, 15) is 13.2 Å². The van der Waals surface area contributed by atoms with Crippen molar-refractivity contribution in [3.8, 4) is 0 Å². The summed E-state index contributed by atoms with van der Waals surface area (Å²) in [6.45, 7) is 2.49. The van der Waals surface area contributed by atoms with Crippen molar-refractivity contribution < 1.29 is 13.2 Å². The van der Waals surface area contributed by atoms with Gasteiger partial charge in [0, 0.05) is 29.6 Å². The van der Waals surface area contributed by atoms with Crippen LogP contribution >= 0.6 is 23.2 Å². The van der Waals surface area contributed by atoms with E-state index < -0.39 is 10.0 Å². The lowest BCUT2D eigenvalue weighted by Gasteiger charge is -2.30. The average molecular weight is 454 g/mol. The number of rotatable bonds is 5. The molecule has 154 valence electrons. The molecule has 1 amide bonds. The van der Waals surface area contributed by atoms with Gasteiger partial charge in [-0.05, 0) is 44.0 Å². The molecule has 9 heteroatoms. The van der Waals surface area contributed by atoms with E-state index >= 15 is 0 Å². The lowest BCUT2D eigenvalue weighted by Crippen LogP contribution is -2.42. The Labute approximate surface area is 180 Å². The van der Waals surface area contributed by atoms with Crippen molar-refractivity contribution in [2.45, 2.75) is 24.7 Å². The summed E-state index contributed by atoms with van der Waals surface area (Å²) in [4.78, 5) is 12.6. The van der Waals surface area contributed by atoms with Gasteiger partial charge in [0.15, 0.2) is 0 Å². The molecule has 2 aromatic rings. The van der Waals surface area contributed by atoms with Gasteiger partial charge in [0.2, 0.25) is 15.9 Å². The van der Waals surface area contributed by atoms with Crippen LogP contribution in [0.4, 0.5) is 0 Å². The largest absolute Gasteiger partial charge is 0.273 e. The number of nitrogens with zero attached hydrogens (tertiary/aromatic N) is 2. The van der Waals surface area contributed by atoms with Gasteiger partial charge in [-0.15, -0.1) is 0 Å². The van der Waals surface area contributed by atoms with E-state index in [1.165, 1.54) is 10.5 Å². The van der Waals surface area contributed by atoms with Crippen molar-refractivity contribution >= 4 is 45.3 Å². The molecule has 1 heterocycles. The number of halogens is 2. The van der Waals surface area contributed by atoms with Crippen molar-refractivity contribution in [3.63, 3.8) is 0 Å². The number of carbonyl (C=O) groups excluding carboxylic acids is 1. The number of carbonyl (C=O) groups is 1. The van der Waals surface area contributed by atoms with Crippen molar-refractivity contribution in [2.24, 2.45) is 11.0 Å². The Bertz CT molecular complexity index is 1020. The Kier molecular flexibility index (Phi) is 6.95. The van der Waals surface area contributed by atoms with Gasteiger partial charge in [0.05, 0.1) is 16.1 Å². The van der Waals surface area contributed by atoms with Crippen molar-refractivity contribution in [3.05, 3.63) is 63.6 Å². The number of hydrogen-bond donors (Lipinski definition) is 1. The Morgan fingerprint density at radius 2 is 1.79 bits per heavy atom. The third-order valence-corrected chi connectivity index (χ3v) is 7.30. The highest BCUT2D eigenvalue weighted by molar-refractivity contribution is 7.89. The minimum absolute atomic E-state index is 0.237. The van der Waals surface area contributed by atoms with E-state index in [-0.39, 0.29) is 16.7 Å². The van der Waals surface area contributed by atoms with Crippen LogP contribution in [0.2, 0.25) is 10.0 Å². The maximum absolute atomic E-state index is 12.7. The Balaban J connectivity index is 1.55. The lowest BCUT2D eigenvalue weighted by molar-refractivity contribution is -0.126. The predicted octanol–water partition coefficient (Wildman–Crippen LogP) is 3.85. The molecule has 0 aromatic heterocycles. The van der Waals surface area contributed by atoms with E-state index in [0.29, 0.717) is 41.5 Å². The normalized spacial score (nSPS) is 16.2. The minimum atomic E-state index is -3.54. The first-order valence-corrected chi connectivity index (χ1v) is 11.3. The van der Waals surface area contributed by atoms with Gasteiger partial charge in [0.25, 0.3) is 0 Å². The maximum atomic E-state index is 12.7. The first-order chi connectivity index (χ1) is 13.8. The Hall–Kier alpha value is -1.93. The predicted molar refractivity (Wildman–Crippen MR) is 115 cm³/mol. The van der Waals surface area contributed by atoms with E-state index in [2.05, 4.69) is 10.5 Å². The van der Waals surface area contributed by atoms with E-state index in [0.717, 1.165) is 5.56 Å². The fourth-order valence-electron chi connectivity index (χ4n) is 3.08. The smallest absolute Gasteiger partial charge is 0.243 e. The summed E-state index contributed by atoms with van der Waals surface area (Å²) in [5, 5.41) is 4.90. The maximum Gasteiger partial charge on any atom is 0.243 e. The zero-order valence-corrected chi connectivity index (χ0v) is 18.1. The summed E-state index contributed by atoms with van der Waals surface area (Å²) in [7, 11) is -3.54. The van der Waals surface area contributed by atoms with Gasteiger partial charge in [-0.25, -0.2) is 13.8 Å². The molecule has 1 N–H and O–H groups in total. The zero-order chi connectivity index (χ0) is 21.0. The van der Waals surface area contributed by atoms with Gasteiger partial charge in [-0.3, -0.25) is 4.79 Å². The van der Waals surface area contributed by atoms with Crippen LogP contribution in [0.15, 0.2) is 52.5 Å². The van der Waals surface area contributed by atoms with Gasteiger partial charge < -0.3 is 0 Å². The number of hydrogen-bond acceptors (Lipinski definition) is 4. The number of sulfonamides is 1. The van der Waals surface area contributed by atoms with Crippen LogP contribution in [0.5, 0.6) is 0 Å². The molecule has 1 aliphatic rings. The lowest BCUT2D eigenvalue weighted by atomic mass is 9.98. The minimum Gasteiger partial charge on any atom is -0.273 e. The first-order valence-electron chi connectivity index (χ1n) is 9.12. The van der Waals surface area contributed by atoms with Gasteiger partial charge in [-0.1, -0.05) is 47.0 Å². The zero-order valence-electron chi connectivity index (χ0n) is 15.8. The molecule has 0 bridgehead atoms. The molecular weight excluding hydrogens is 433 g/mol. The molecule has 2 aromatic carbocycles. The van der Waals surface area contributed by atoms with Crippen LogP contribution in [0.25, 0.3) is 0 Å². The van der Waals surface area contributed by atoms with Crippen LogP contribution in [0.1, 0.15) is 24.0 Å². The second-order valence-corrected chi connectivity index (χ2v) is 9.67. The van der Waals surface area contributed by atoms with Gasteiger partial charge in [-0.2, -0.15) is 9.41 Å². The van der Waals surface area contributed by atoms with Crippen molar-refractivity contribution in [2.75, 3.05) is 13.1 Å². The molecule has 29 heavy (non-hydrogen) atoms. The van der Waals surface area contributed by atoms with Crippen LogP contribution in [0, 0.1) is 12.8 Å². The Morgan fingerprint density at radius 1 is 1.14 bits per heavy atom. The number of piperidine rings is 1. The second-order valence-electron chi connectivity index (χ2n) is 6.89. The fourth-order valence-corrected chi connectivity index (χ4v) is 5.01. The summed E-state index contributed by atoms with van der Waals surface area (Å²) in [5.74, 6) is -0.531. The molecule has 0 spiro atoms. The highest BCUT2D eigenvalue weighted by Gasteiger charge is 2.32. The number of benzene rings is 2. The summed E-state index contributed by atoms with van der Waals surface area (Å²) in [5.41, 5.74) is 4.14. The van der Waals surface area contributed by atoms with E-state index in [1.807, 2.05) is 6.92 Å². The fraction of sp³-hybridized carbons (Fsp3) is 0.300. The molecule has 0 atom stereocenters. The summed E-state index contributed by atoms with van der Waals surface area (Å²) >= 11 is 11.9. The van der Waals surface area contributed by atoms with E-state index in [1.54, 1.807) is 42.5 Å². The van der Waals surface area contributed by atoms with Gasteiger partial charge in [0.1, 0.15) is 0 Å². The number of amides is 1. The molecule has 3 rings (SSSR count). The third-order valence-electron chi connectivity index (χ3n) is 4.82. The quantitative estimate of drug-likeness (QED) is 0.551. The number of nitrogens with one attached hydrogen (secondary N) is 1. The Morgan fingerprint density at radius 3 is 2.41 bits per heavy atom. The number of hydrazone groups is 1. The highest BCUT2D eigenvalue weighted by atomic mass is 35.5. The molecule has 0 radical (unpaired) electrons. The van der Waals surface area contributed by atoms with Crippen molar-refractivity contribution in [1.29, 1.82) is 0 Å². The van der Waals surface area contributed by atoms with E-state index in [4.69, 9.17) is 23.2 Å². The molecule has 0 unspecified atom stereocenters. The average Bonchev–Trinajstić information content (AvgIpc) is 2.70. The topological polar surface area (TPSA) is 78.8 Å². The molecule has 6 nitrogen and oxygen atoms in total. The molecule has 0 aliphatic carbocycles. The molecule has 1 fully saturated rings. The van der Waals surface area contributed by atoms with Crippen LogP contribution < -0.4 is 5.43 Å². The monoisotopic (exact) mass is 453 g/mol. The summed E-state index contributed by atoms with van der Waals surface area (Å²) in [6.07, 6.45) is 2.33. The van der Waals surface area contributed by atoms with Crippen LogP contribution in [0.3, 0.4) is 0 Å². The molecule has 0 saturated carbocycles. The summed E-state index contributed by atoms with van der Waals surface area (Å²) < 4.78 is 26.9. The molecule has 1 aliphatic heterocycles. The van der Waals surface area contributed by atoms with Gasteiger partial charge >= 0.3 is 0 Å². The highest BCUT2D eigenvalue weighted by Crippen LogP contribution is 2.24. The molecule has 1 saturated heterocycles. The van der Waals surface area contributed by atoms with Crippen LogP contribution in [-0.4, -0.2) is 37.9 Å². The SMILES string of the molecule is Cc1ccc(S(=O)(=O)N2CCC(C(=O)NN=Cc3ccc(Cl)cc3Cl)CC2)cc1. The first kappa shape index (κ1) is 21.8. The second kappa shape index (κ2) is 9.26. The molecular formula is C20H21Cl2N3O3S. The number of aryl methyl sites for hydroxylation is 1. The standard InChI is InChI=1S/C20H21Cl2N3O3S/c1-14-2-6-18(7-3-14)29(27,28)25-10-8-15(9-11-25)20(26)24-23-13-16-4-5-17(21)12-19(16)22/h2-7,12-13,15H,8-11H2,1H3,(H,24,26).